The molecule has 0 saturated carbocycles. The Morgan fingerprint density at radius 3 is 1.15 bits per heavy atom. The number of nitrogens with one attached hydrogen (secondary N) is 2. The number of allylic oxidation sites excluding steroid dienone is 8. The summed E-state index contributed by atoms with van der Waals surface area (Å²) in [6.07, 6.45) is 7.30. The molecule has 4 rings (SSSR count). The maximum absolute atomic E-state index is 3.03. The number of hydrogen-bond acceptors (Lipinski definition) is 2. The van der Waals surface area contributed by atoms with Crippen molar-refractivity contribution in [1.82, 2.24) is 0 Å². The SMILES string of the molecule is CC1=CC(C)=[C]([Zr]([CH3])([CH3])(=[SiH2])[C]2=C(C)C=C(C)C2)C1.CNc1ccccc1.CNc1ccccc1. The van der Waals surface area contributed by atoms with Crippen LogP contribution in [-0.4, -0.2) is 21.0 Å². The molecule has 2 nitrogen and oxygen atoms in total. The summed E-state index contributed by atoms with van der Waals surface area (Å²) in [5.74, 6) is 0. The topological polar surface area (TPSA) is 24.1 Å². The average molecular weight is 552 g/mol. The summed E-state index contributed by atoms with van der Waals surface area (Å²) in [5, 5.41) is 6.05. The molecule has 34 heavy (non-hydrogen) atoms. The Hall–Kier alpha value is -1.90. The molecule has 2 aliphatic carbocycles. The first-order valence-electron chi connectivity index (χ1n) is 12.2. The average Bonchev–Trinajstić information content (AvgIpc) is 3.36. The molecule has 0 heterocycles. The zero-order valence-corrected chi connectivity index (χ0v) is 26.4. The minimum Gasteiger partial charge on any atom is -0.388 e. The van der Waals surface area contributed by atoms with Crippen LogP contribution in [0.2, 0.25) is 9.26 Å². The number of rotatable bonds is 4. The van der Waals surface area contributed by atoms with Gasteiger partial charge in [-0.05, 0) is 24.3 Å². The van der Waals surface area contributed by atoms with Crippen LogP contribution in [0.25, 0.3) is 0 Å². The zero-order valence-electron chi connectivity index (χ0n) is 22.5. The van der Waals surface area contributed by atoms with Crippen LogP contribution in [0.15, 0.2) is 102 Å². The molecule has 2 aliphatic rings. The summed E-state index contributed by atoms with van der Waals surface area (Å²) in [7, 11) is 3.82. The van der Waals surface area contributed by atoms with Crippen molar-refractivity contribution in [2.45, 2.75) is 49.8 Å². The molecule has 0 aliphatic heterocycles. The largest absolute Gasteiger partial charge is 0.388 e. The summed E-state index contributed by atoms with van der Waals surface area (Å²) >= 11 is -2.84. The van der Waals surface area contributed by atoms with E-state index < -0.39 is 17.4 Å². The van der Waals surface area contributed by atoms with Crippen LogP contribution in [-0.2, 0) is 17.4 Å². The monoisotopic (exact) mass is 550 g/mol. The first-order chi connectivity index (χ1) is 16.0. The van der Waals surface area contributed by atoms with Crippen LogP contribution < -0.4 is 10.6 Å². The predicted molar refractivity (Wildman–Crippen MR) is 154 cm³/mol. The standard InChI is InChI=1S/2C7H9N.2C7H9.2CH3.H2Si.Zr/c2*1-8-7-5-3-2-4-6-7;2*1-6-3-4-7(2)5-6;;;;/h2*2-6,8H,1H3;2*5H,3H2,1-2H3;2*1H3;1H2;. The van der Waals surface area contributed by atoms with Crippen molar-refractivity contribution in [2.24, 2.45) is 0 Å². The third-order valence-corrected chi connectivity index (χ3v) is 24.2. The Balaban J connectivity index is 0.000000210. The molecule has 0 unspecified atom stereocenters. The van der Waals surface area contributed by atoms with Gasteiger partial charge in [0.05, 0.1) is 0 Å². The van der Waals surface area contributed by atoms with Crippen molar-refractivity contribution in [3.63, 3.8) is 0 Å². The zero-order chi connectivity index (χ0) is 25.4. The molecule has 2 N–H and O–H groups in total. The van der Waals surface area contributed by atoms with E-state index in [1.165, 1.54) is 12.8 Å². The van der Waals surface area contributed by atoms with E-state index in [2.05, 4.69) is 66.6 Å². The number of benzene rings is 2. The Kier molecular flexibility index (Phi) is 10.2. The molecule has 0 bridgehead atoms. The van der Waals surface area contributed by atoms with E-state index in [1.807, 2.05) is 81.3 Å². The van der Waals surface area contributed by atoms with Crippen molar-refractivity contribution >= 4 is 18.3 Å². The normalized spacial score (nSPS) is 15.6. The Bertz CT molecular complexity index is 1080. The van der Waals surface area contributed by atoms with Gasteiger partial charge in [0, 0.05) is 25.5 Å². The predicted octanol–water partition coefficient (Wildman–Crippen LogP) is 8.02. The van der Waals surface area contributed by atoms with Crippen molar-refractivity contribution in [3.8, 4) is 0 Å². The summed E-state index contributed by atoms with van der Waals surface area (Å²) in [5.41, 5.74) is 8.57. The Labute approximate surface area is 210 Å². The number of hydrogen-bond donors (Lipinski definition) is 2. The molecule has 0 saturated heterocycles. The van der Waals surface area contributed by atoms with Gasteiger partial charge in [0.2, 0.25) is 0 Å². The van der Waals surface area contributed by atoms with Crippen molar-refractivity contribution < 1.29 is 17.4 Å². The van der Waals surface area contributed by atoms with Crippen molar-refractivity contribution in [1.29, 1.82) is 0 Å². The fourth-order valence-corrected chi connectivity index (χ4v) is 21.5. The first kappa shape index (κ1) is 28.3. The van der Waals surface area contributed by atoms with Gasteiger partial charge in [0.1, 0.15) is 0 Å². The molecule has 182 valence electrons. The smallest absolute Gasteiger partial charge is 0.0337 e. The maximum Gasteiger partial charge on any atom is 0.0337 e. The van der Waals surface area contributed by atoms with E-state index in [1.54, 1.807) is 22.3 Å². The summed E-state index contributed by atoms with van der Waals surface area (Å²) in [4.78, 5) is 0. The van der Waals surface area contributed by atoms with Crippen LogP contribution in [0.1, 0.15) is 40.5 Å². The molecular weight excluding hydrogens is 508 g/mol. The first-order valence-corrected chi connectivity index (χ1v) is 25.5. The maximum atomic E-state index is 3.03. The second-order valence-electron chi connectivity index (χ2n) is 10.6. The van der Waals surface area contributed by atoms with Crippen molar-refractivity contribution in [3.05, 3.63) is 102 Å². The second-order valence-corrected chi connectivity index (χ2v) is 39.3. The van der Waals surface area contributed by atoms with Gasteiger partial charge in [-0.2, -0.15) is 0 Å². The third-order valence-electron chi connectivity index (χ3n) is 6.85. The van der Waals surface area contributed by atoms with Crippen LogP contribution in [0.5, 0.6) is 0 Å². The molecule has 2 aromatic rings. The number of anilines is 2. The second kappa shape index (κ2) is 12.2. The summed E-state index contributed by atoms with van der Waals surface area (Å²) < 4.78 is 8.92. The van der Waals surface area contributed by atoms with Crippen molar-refractivity contribution in [2.75, 3.05) is 24.7 Å². The molecule has 0 fully saturated rings. The van der Waals surface area contributed by atoms with Gasteiger partial charge in [-0.3, -0.25) is 0 Å². The summed E-state index contributed by atoms with van der Waals surface area (Å²) in [6, 6.07) is 20.1. The molecular formula is C30H44N2SiZr. The van der Waals surface area contributed by atoms with Crippen LogP contribution >= 0.6 is 0 Å². The molecule has 2 aromatic carbocycles. The fourth-order valence-electron chi connectivity index (χ4n) is 5.08. The Morgan fingerprint density at radius 1 is 0.618 bits per heavy atom. The minimum absolute atomic E-state index is 1.16. The van der Waals surface area contributed by atoms with E-state index in [-0.39, 0.29) is 0 Å². The van der Waals surface area contributed by atoms with Gasteiger partial charge < -0.3 is 10.6 Å². The minimum atomic E-state index is -2.84. The molecule has 0 spiro atoms. The van der Waals surface area contributed by atoms with Crippen LogP contribution in [0.3, 0.4) is 0 Å². The van der Waals surface area contributed by atoms with E-state index in [4.69, 9.17) is 0 Å². The van der Waals surface area contributed by atoms with Gasteiger partial charge in [0.25, 0.3) is 0 Å². The molecule has 0 amide bonds. The van der Waals surface area contributed by atoms with Crippen LogP contribution in [0, 0.1) is 0 Å². The molecule has 0 aromatic heterocycles. The van der Waals surface area contributed by atoms with Gasteiger partial charge in [0.15, 0.2) is 0 Å². The Morgan fingerprint density at radius 2 is 0.941 bits per heavy atom. The van der Waals surface area contributed by atoms with E-state index in [0.29, 0.717) is 0 Å². The molecule has 0 atom stereocenters. The third kappa shape index (κ3) is 7.55. The van der Waals surface area contributed by atoms with Gasteiger partial charge >= 0.3 is 115 Å². The fraction of sp³-hybridized carbons (Fsp3) is 0.333. The van der Waals surface area contributed by atoms with Crippen LogP contribution in [0.4, 0.5) is 11.4 Å². The molecule has 4 heteroatoms. The van der Waals surface area contributed by atoms with E-state index in [9.17, 15) is 0 Å². The number of para-hydroxylation sites is 2. The van der Waals surface area contributed by atoms with E-state index >= 15 is 0 Å². The van der Waals surface area contributed by atoms with Gasteiger partial charge in [-0.15, -0.1) is 0 Å². The van der Waals surface area contributed by atoms with Gasteiger partial charge in [-0.1, -0.05) is 36.4 Å². The van der Waals surface area contributed by atoms with E-state index in [0.717, 1.165) is 11.4 Å². The summed E-state index contributed by atoms with van der Waals surface area (Å²) in [6.45, 7) is 11.6. The van der Waals surface area contributed by atoms with Gasteiger partial charge in [-0.25, -0.2) is 0 Å². The molecule has 0 radical (unpaired) electrons. The quantitative estimate of drug-likeness (QED) is 0.376.